The zero-order chi connectivity index (χ0) is 19.2. The SMILES string of the molecule is CCC(=O)N1CCCN(C(=O)NCc2ccccc2)CC1c1nc(C)no1. The highest BCUT2D eigenvalue weighted by atomic mass is 16.5. The molecule has 144 valence electrons. The Hall–Kier alpha value is -2.90. The van der Waals surface area contributed by atoms with E-state index in [-0.39, 0.29) is 11.9 Å². The van der Waals surface area contributed by atoms with Gasteiger partial charge < -0.3 is 19.6 Å². The first kappa shape index (κ1) is 18.9. The van der Waals surface area contributed by atoms with Gasteiger partial charge in [0.15, 0.2) is 5.82 Å². The summed E-state index contributed by atoms with van der Waals surface area (Å²) in [6.45, 7) is 5.47. The Labute approximate surface area is 158 Å². The van der Waals surface area contributed by atoms with Crippen molar-refractivity contribution in [1.29, 1.82) is 0 Å². The second-order valence-electron chi connectivity index (χ2n) is 6.58. The molecule has 1 aliphatic heterocycles. The van der Waals surface area contributed by atoms with Gasteiger partial charge >= 0.3 is 6.03 Å². The van der Waals surface area contributed by atoms with Crippen molar-refractivity contribution in [3.8, 4) is 0 Å². The minimum Gasteiger partial charge on any atom is -0.337 e. The molecule has 1 atom stereocenters. The quantitative estimate of drug-likeness (QED) is 0.890. The lowest BCUT2D eigenvalue weighted by atomic mass is 10.2. The second kappa shape index (κ2) is 8.66. The number of urea groups is 1. The first-order valence-corrected chi connectivity index (χ1v) is 9.25. The molecule has 2 heterocycles. The van der Waals surface area contributed by atoms with Crippen LogP contribution in [-0.2, 0) is 11.3 Å². The fraction of sp³-hybridized carbons (Fsp3) is 0.474. The van der Waals surface area contributed by atoms with E-state index in [1.807, 2.05) is 37.3 Å². The molecule has 1 aromatic heterocycles. The maximum atomic E-state index is 12.7. The molecule has 1 aliphatic rings. The summed E-state index contributed by atoms with van der Waals surface area (Å²) in [5.74, 6) is 0.901. The maximum absolute atomic E-state index is 12.7. The normalized spacial score (nSPS) is 17.5. The van der Waals surface area contributed by atoms with Gasteiger partial charge in [-0.15, -0.1) is 0 Å². The van der Waals surface area contributed by atoms with Crippen LogP contribution in [0.25, 0.3) is 0 Å². The van der Waals surface area contributed by atoms with Crippen LogP contribution in [0.4, 0.5) is 4.79 Å². The number of hydrogen-bond donors (Lipinski definition) is 1. The third kappa shape index (κ3) is 4.64. The van der Waals surface area contributed by atoms with Gasteiger partial charge in [-0.05, 0) is 18.9 Å². The minimum atomic E-state index is -0.427. The molecule has 1 N–H and O–H groups in total. The van der Waals surface area contributed by atoms with Crippen molar-refractivity contribution in [3.63, 3.8) is 0 Å². The molecule has 0 saturated carbocycles. The Bertz CT molecular complexity index is 777. The average Bonchev–Trinajstić information content (AvgIpc) is 3.00. The molecular formula is C19H25N5O3. The standard InChI is InChI=1S/C19H25N5O3/c1-3-17(25)24-11-7-10-23(13-16(24)18-21-14(2)22-27-18)19(26)20-12-15-8-5-4-6-9-15/h4-6,8-9,16H,3,7,10-13H2,1-2H3,(H,20,26). The highest BCUT2D eigenvalue weighted by Crippen LogP contribution is 2.25. The van der Waals surface area contributed by atoms with Crippen molar-refractivity contribution in [2.75, 3.05) is 19.6 Å². The van der Waals surface area contributed by atoms with Gasteiger partial charge in [0.2, 0.25) is 5.91 Å². The van der Waals surface area contributed by atoms with E-state index in [0.717, 1.165) is 5.56 Å². The fourth-order valence-corrected chi connectivity index (χ4v) is 3.22. The second-order valence-corrected chi connectivity index (χ2v) is 6.58. The molecule has 2 aromatic rings. The zero-order valence-corrected chi connectivity index (χ0v) is 15.7. The zero-order valence-electron chi connectivity index (χ0n) is 15.7. The van der Waals surface area contributed by atoms with E-state index in [2.05, 4.69) is 15.5 Å². The summed E-state index contributed by atoms with van der Waals surface area (Å²) in [5.41, 5.74) is 1.03. The fourth-order valence-electron chi connectivity index (χ4n) is 3.22. The molecule has 3 amide bonds. The Morgan fingerprint density at radius 3 is 2.70 bits per heavy atom. The molecule has 1 fully saturated rings. The monoisotopic (exact) mass is 371 g/mol. The smallest absolute Gasteiger partial charge is 0.317 e. The average molecular weight is 371 g/mol. The summed E-state index contributed by atoms with van der Waals surface area (Å²) >= 11 is 0. The lowest BCUT2D eigenvalue weighted by Crippen LogP contribution is -2.43. The summed E-state index contributed by atoms with van der Waals surface area (Å²) in [6.07, 6.45) is 1.10. The molecule has 0 radical (unpaired) electrons. The van der Waals surface area contributed by atoms with Gasteiger partial charge in [0.25, 0.3) is 5.89 Å². The molecule has 0 spiro atoms. The number of benzene rings is 1. The lowest BCUT2D eigenvalue weighted by molar-refractivity contribution is -0.133. The molecule has 8 nitrogen and oxygen atoms in total. The first-order chi connectivity index (χ1) is 13.1. The maximum Gasteiger partial charge on any atom is 0.317 e. The Morgan fingerprint density at radius 2 is 2.04 bits per heavy atom. The van der Waals surface area contributed by atoms with Crippen LogP contribution in [0.2, 0.25) is 0 Å². The number of carbonyl (C=O) groups is 2. The van der Waals surface area contributed by atoms with Crippen LogP contribution in [0.15, 0.2) is 34.9 Å². The number of aryl methyl sites for hydroxylation is 1. The molecule has 1 saturated heterocycles. The Balaban J connectivity index is 1.73. The van der Waals surface area contributed by atoms with Crippen molar-refractivity contribution < 1.29 is 14.1 Å². The van der Waals surface area contributed by atoms with Gasteiger partial charge in [-0.25, -0.2) is 4.79 Å². The minimum absolute atomic E-state index is 0.0161. The van der Waals surface area contributed by atoms with Gasteiger partial charge in [-0.2, -0.15) is 4.98 Å². The summed E-state index contributed by atoms with van der Waals surface area (Å²) in [7, 11) is 0. The van der Waals surface area contributed by atoms with Crippen molar-refractivity contribution in [2.24, 2.45) is 0 Å². The van der Waals surface area contributed by atoms with E-state index < -0.39 is 6.04 Å². The van der Waals surface area contributed by atoms with E-state index in [0.29, 0.717) is 50.7 Å². The number of hydrogen-bond acceptors (Lipinski definition) is 5. The van der Waals surface area contributed by atoms with Gasteiger partial charge in [-0.1, -0.05) is 42.4 Å². The number of nitrogens with zero attached hydrogens (tertiary/aromatic N) is 4. The number of amides is 3. The largest absolute Gasteiger partial charge is 0.337 e. The van der Waals surface area contributed by atoms with E-state index >= 15 is 0 Å². The van der Waals surface area contributed by atoms with Crippen molar-refractivity contribution in [3.05, 3.63) is 47.6 Å². The van der Waals surface area contributed by atoms with E-state index in [1.54, 1.807) is 16.7 Å². The molecule has 3 rings (SSSR count). The Morgan fingerprint density at radius 1 is 1.26 bits per heavy atom. The van der Waals surface area contributed by atoms with Crippen molar-refractivity contribution >= 4 is 11.9 Å². The van der Waals surface area contributed by atoms with Gasteiger partial charge in [0, 0.05) is 26.1 Å². The highest BCUT2D eigenvalue weighted by molar-refractivity contribution is 5.77. The van der Waals surface area contributed by atoms with Gasteiger partial charge in [0.05, 0.1) is 6.54 Å². The third-order valence-corrected chi connectivity index (χ3v) is 4.62. The van der Waals surface area contributed by atoms with Crippen LogP contribution in [0.1, 0.15) is 43.1 Å². The topological polar surface area (TPSA) is 91.6 Å². The van der Waals surface area contributed by atoms with Crippen LogP contribution in [0.5, 0.6) is 0 Å². The summed E-state index contributed by atoms with van der Waals surface area (Å²) in [5, 5.41) is 6.79. The molecule has 0 bridgehead atoms. The molecule has 1 aromatic carbocycles. The third-order valence-electron chi connectivity index (χ3n) is 4.62. The van der Waals surface area contributed by atoms with Crippen LogP contribution in [0.3, 0.4) is 0 Å². The Kier molecular flexibility index (Phi) is 6.05. The van der Waals surface area contributed by atoms with Gasteiger partial charge in [0.1, 0.15) is 6.04 Å². The van der Waals surface area contributed by atoms with E-state index in [9.17, 15) is 9.59 Å². The molecular weight excluding hydrogens is 346 g/mol. The van der Waals surface area contributed by atoms with Crippen LogP contribution in [-0.4, -0.2) is 51.5 Å². The predicted molar refractivity (Wildman–Crippen MR) is 98.6 cm³/mol. The summed E-state index contributed by atoms with van der Waals surface area (Å²) < 4.78 is 5.33. The summed E-state index contributed by atoms with van der Waals surface area (Å²) in [6, 6.07) is 9.17. The van der Waals surface area contributed by atoms with Crippen molar-refractivity contribution in [1.82, 2.24) is 25.3 Å². The number of aromatic nitrogens is 2. The number of carbonyl (C=O) groups excluding carboxylic acids is 2. The first-order valence-electron chi connectivity index (χ1n) is 9.25. The molecule has 1 unspecified atom stereocenters. The highest BCUT2D eigenvalue weighted by Gasteiger charge is 2.34. The predicted octanol–water partition coefficient (Wildman–Crippen LogP) is 2.27. The lowest BCUT2D eigenvalue weighted by Gasteiger charge is -2.29. The number of rotatable bonds is 4. The van der Waals surface area contributed by atoms with E-state index in [4.69, 9.17) is 4.52 Å². The summed E-state index contributed by atoms with van der Waals surface area (Å²) in [4.78, 5) is 32.9. The van der Waals surface area contributed by atoms with Crippen LogP contribution in [0, 0.1) is 6.92 Å². The molecule has 0 aliphatic carbocycles. The van der Waals surface area contributed by atoms with Crippen LogP contribution >= 0.6 is 0 Å². The van der Waals surface area contributed by atoms with Crippen LogP contribution < -0.4 is 5.32 Å². The number of nitrogens with one attached hydrogen (secondary N) is 1. The molecule has 27 heavy (non-hydrogen) atoms. The van der Waals surface area contributed by atoms with Gasteiger partial charge in [-0.3, -0.25) is 4.79 Å². The molecule has 8 heteroatoms. The van der Waals surface area contributed by atoms with Crippen molar-refractivity contribution in [2.45, 2.75) is 39.3 Å². The van der Waals surface area contributed by atoms with E-state index in [1.165, 1.54) is 0 Å².